The van der Waals surface area contributed by atoms with E-state index in [0.717, 1.165) is 11.3 Å². The van der Waals surface area contributed by atoms with E-state index in [4.69, 9.17) is 9.47 Å². The number of ether oxygens (including phenoxy) is 2. The number of carbonyl (C=O) groups is 1. The number of imidazole rings is 1. The number of benzene rings is 2. The van der Waals surface area contributed by atoms with Gasteiger partial charge >= 0.3 is 5.97 Å². The highest BCUT2D eigenvalue weighted by molar-refractivity contribution is 6.13. The molecule has 3 aromatic rings. The van der Waals surface area contributed by atoms with Gasteiger partial charge in [0.1, 0.15) is 5.75 Å². The number of rotatable bonds is 4. The molecule has 0 bridgehead atoms. The molecule has 1 aliphatic heterocycles. The normalized spacial score (nSPS) is 15.0. The zero-order valence-corrected chi connectivity index (χ0v) is 14.0. The Hall–Kier alpha value is -3.67. The molecule has 1 aromatic heterocycles. The molecule has 0 amide bonds. The molecule has 0 atom stereocenters. The van der Waals surface area contributed by atoms with Crippen LogP contribution in [0.3, 0.4) is 0 Å². The molecule has 6 nitrogen and oxygen atoms in total. The number of esters is 1. The molecule has 0 saturated carbocycles. The SMILES string of the molecule is COc1ccccc1C1=NC(=Cc2ccc(-n3ccnc3)cc2)C(=O)O1. The van der Waals surface area contributed by atoms with Crippen LogP contribution in [-0.2, 0) is 9.53 Å². The van der Waals surface area contributed by atoms with E-state index in [1.807, 2.05) is 47.2 Å². The third-order valence-electron chi connectivity index (χ3n) is 3.96. The number of cyclic esters (lactones) is 1. The van der Waals surface area contributed by atoms with Crippen molar-refractivity contribution in [2.24, 2.45) is 4.99 Å². The van der Waals surface area contributed by atoms with Crippen molar-refractivity contribution in [3.05, 3.63) is 84.1 Å². The first-order valence-electron chi connectivity index (χ1n) is 7.99. The van der Waals surface area contributed by atoms with Gasteiger partial charge in [-0.3, -0.25) is 0 Å². The highest BCUT2D eigenvalue weighted by Crippen LogP contribution is 2.25. The summed E-state index contributed by atoms with van der Waals surface area (Å²) in [6.07, 6.45) is 7.01. The lowest BCUT2D eigenvalue weighted by Gasteiger charge is -2.05. The fraction of sp³-hybridized carbons (Fsp3) is 0.0500. The molecule has 0 aliphatic carbocycles. The minimum Gasteiger partial charge on any atom is -0.496 e. The molecular weight excluding hydrogens is 330 g/mol. The number of methoxy groups -OCH3 is 1. The van der Waals surface area contributed by atoms with E-state index in [0.29, 0.717) is 11.3 Å². The van der Waals surface area contributed by atoms with Crippen molar-refractivity contribution < 1.29 is 14.3 Å². The number of aromatic nitrogens is 2. The Morgan fingerprint density at radius 2 is 1.92 bits per heavy atom. The molecule has 0 radical (unpaired) electrons. The minimum absolute atomic E-state index is 0.244. The summed E-state index contributed by atoms with van der Waals surface area (Å²) >= 11 is 0. The molecule has 0 spiro atoms. The van der Waals surface area contributed by atoms with Gasteiger partial charge in [0.05, 0.1) is 19.0 Å². The van der Waals surface area contributed by atoms with Gasteiger partial charge in [0.2, 0.25) is 5.90 Å². The van der Waals surface area contributed by atoms with Gasteiger partial charge in [0.25, 0.3) is 0 Å². The smallest absolute Gasteiger partial charge is 0.363 e. The van der Waals surface area contributed by atoms with Crippen LogP contribution in [0, 0.1) is 0 Å². The van der Waals surface area contributed by atoms with Crippen LogP contribution in [0.4, 0.5) is 0 Å². The highest BCUT2D eigenvalue weighted by Gasteiger charge is 2.26. The Morgan fingerprint density at radius 1 is 1.12 bits per heavy atom. The number of carbonyl (C=O) groups excluding carboxylic acids is 1. The zero-order chi connectivity index (χ0) is 17.9. The molecular formula is C20H15N3O3. The number of hydrogen-bond acceptors (Lipinski definition) is 5. The first-order valence-corrected chi connectivity index (χ1v) is 7.99. The largest absolute Gasteiger partial charge is 0.496 e. The highest BCUT2D eigenvalue weighted by atomic mass is 16.6. The topological polar surface area (TPSA) is 65.7 Å². The molecule has 128 valence electrons. The van der Waals surface area contributed by atoms with Crippen molar-refractivity contribution in [2.75, 3.05) is 7.11 Å². The number of aliphatic imine (C=N–C) groups is 1. The van der Waals surface area contributed by atoms with E-state index < -0.39 is 5.97 Å². The van der Waals surface area contributed by atoms with Gasteiger partial charge in [-0.05, 0) is 35.9 Å². The van der Waals surface area contributed by atoms with Crippen molar-refractivity contribution in [3.63, 3.8) is 0 Å². The van der Waals surface area contributed by atoms with Crippen LogP contribution in [-0.4, -0.2) is 28.5 Å². The fourth-order valence-electron chi connectivity index (χ4n) is 2.66. The van der Waals surface area contributed by atoms with E-state index >= 15 is 0 Å². The minimum atomic E-state index is -0.482. The lowest BCUT2D eigenvalue weighted by Crippen LogP contribution is -2.06. The van der Waals surface area contributed by atoms with Gasteiger partial charge in [-0.2, -0.15) is 0 Å². The Kier molecular flexibility index (Phi) is 4.07. The van der Waals surface area contributed by atoms with Gasteiger partial charge < -0.3 is 14.0 Å². The molecule has 0 fully saturated rings. The maximum Gasteiger partial charge on any atom is 0.363 e. The third-order valence-corrected chi connectivity index (χ3v) is 3.96. The number of para-hydroxylation sites is 1. The van der Waals surface area contributed by atoms with E-state index in [1.54, 1.807) is 37.8 Å². The van der Waals surface area contributed by atoms with Crippen LogP contribution in [0.5, 0.6) is 5.75 Å². The number of hydrogen-bond donors (Lipinski definition) is 0. The maximum atomic E-state index is 12.2. The van der Waals surface area contributed by atoms with E-state index in [2.05, 4.69) is 9.98 Å². The molecule has 4 rings (SSSR count). The average molecular weight is 345 g/mol. The van der Waals surface area contributed by atoms with Crippen LogP contribution in [0.15, 0.2) is 77.9 Å². The molecule has 26 heavy (non-hydrogen) atoms. The Morgan fingerprint density at radius 3 is 2.65 bits per heavy atom. The predicted molar refractivity (Wildman–Crippen MR) is 97.2 cm³/mol. The van der Waals surface area contributed by atoms with Crippen molar-refractivity contribution in [2.45, 2.75) is 0 Å². The quantitative estimate of drug-likeness (QED) is 0.538. The van der Waals surface area contributed by atoms with Crippen LogP contribution >= 0.6 is 0 Å². The standard InChI is InChI=1S/C20H15N3O3/c1-25-18-5-3-2-4-16(18)19-22-17(20(24)26-19)12-14-6-8-15(9-7-14)23-11-10-21-13-23/h2-13H,1H3. The van der Waals surface area contributed by atoms with Crippen LogP contribution in [0.1, 0.15) is 11.1 Å². The van der Waals surface area contributed by atoms with Gasteiger partial charge in [-0.1, -0.05) is 24.3 Å². The number of nitrogens with zero attached hydrogens (tertiary/aromatic N) is 3. The van der Waals surface area contributed by atoms with Gasteiger partial charge in [-0.15, -0.1) is 0 Å². The lowest BCUT2D eigenvalue weighted by molar-refractivity contribution is -0.129. The predicted octanol–water partition coefficient (Wildman–Crippen LogP) is 3.23. The molecule has 2 aromatic carbocycles. The summed E-state index contributed by atoms with van der Waals surface area (Å²) < 4.78 is 12.5. The van der Waals surface area contributed by atoms with Crippen molar-refractivity contribution >= 4 is 17.9 Å². The van der Waals surface area contributed by atoms with Crippen molar-refractivity contribution in [3.8, 4) is 11.4 Å². The van der Waals surface area contributed by atoms with Crippen molar-refractivity contribution in [1.82, 2.24) is 9.55 Å². The fourth-order valence-corrected chi connectivity index (χ4v) is 2.66. The average Bonchev–Trinajstić information content (AvgIpc) is 3.33. The van der Waals surface area contributed by atoms with E-state index in [9.17, 15) is 4.79 Å². The molecule has 2 heterocycles. The second kappa shape index (κ2) is 6.68. The van der Waals surface area contributed by atoms with Gasteiger partial charge in [-0.25, -0.2) is 14.8 Å². The van der Waals surface area contributed by atoms with Gasteiger partial charge in [0.15, 0.2) is 5.70 Å². The molecule has 0 unspecified atom stereocenters. The first-order chi connectivity index (χ1) is 12.7. The molecule has 0 saturated heterocycles. The Labute approximate surface area is 150 Å². The Bertz CT molecular complexity index is 1000. The second-order valence-electron chi connectivity index (χ2n) is 5.60. The monoisotopic (exact) mass is 345 g/mol. The Balaban J connectivity index is 1.63. The second-order valence-corrected chi connectivity index (χ2v) is 5.60. The zero-order valence-electron chi connectivity index (χ0n) is 14.0. The third kappa shape index (κ3) is 3.00. The summed E-state index contributed by atoms with van der Waals surface area (Å²) in [5.74, 6) is 0.364. The summed E-state index contributed by atoms with van der Waals surface area (Å²) in [4.78, 5) is 20.5. The summed E-state index contributed by atoms with van der Waals surface area (Å²) in [7, 11) is 1.56. The van der Waals surface area contributed by atoms with E-state index in [-0.39, 0.29) is 11.6 Å². The lowest BCUT2D eigenvalue weighted by atomic mass is 10.1. The molecule has 0 N–H and O–H groups in total. The summed E-state index contributed by atoms with van der Waals surface area (Å²) in [6, 6.07) is 15.0. The van der Waals surface area contributed by atoms with Gasteiger partial charge in [0, 0.05) is 18.1 Å². The van der Waals surface area contributed by atoms with Crippen LogP contribution < -0.4 is 4.74 Å². The van der Waals surface area contributed by atoms with Crippen molar-refractivity contribution in [1.29, 1.82) is 0 Å². The van der Waals surface area contributed by atoms with E-state index in [1.165, 1.54) is 0 Å². The van der Waals surface area contributed by atoms with Crippen LogP contribution in [0.25, 0.3) is 11.8 Å². The van der Waals surface area contributed by atoms with Crippen LogP contribution in [0.2, 0.25) is 0 Å². The summed E-state index contributed by atoms with van der Waals surface area (Å²) in [6.45, 7) is 0. The summed E-state index contributed by atoms with van der Waals surface area (Å²) in [5, 5.41) is 0. The first kappa shape index (κ1) is 15.8. The molecule has 1 aliphatic rings. The maximum absolute atomic E-state index is 12.2. The summed E-state index contributed by atoms with van der Waals surface area (Å²) in [5.41, 5.74) is 2.73. The molecule has 6 heteroatoms.